The summed E-state index contributed by atoms with van der Waals surface area (Å²) in [5, 5.41) is 12.7. The zero-order valence-electron chi connectivity index (χ0n) is 9.69. The fraction of sp³-hybridized carbons (Fsp3) is 0.462. The van der Waals surface area contributed by atoms with Gasteiger partial charge in [0.15, 0.2) is 0 Å². The number of rotatable bonds is 4. The Hall–Kier alpha value is -1.55. The highest BCUT2D eigenvalue weighted by Crippen LogP contribution is 2.28. The van der Waals surface area contributed by atoms with E-state index in [0.717, 1.165) is 25.7 Å². The van der Waals surface area contributed by atoms with Crippen LogP contribution in [0.5, 0.6) is 0 Å². The summed E-state index contributed by atoms with van der Waals surface area (Å²) in [7, 11) is 0. The number of hydrogen-bond acceptors (Lipinski definition) is 3. The molecule has 1 aromatic rings. The highest BCUT2D eigenvalue weighted by molar-refractivity contribution is 5.91. The summed E-state index contributed by atoms with van der Waals surface area (Å²) in [5.74, 6) is 0.432. The molecule has 0 saturated heterocycles. The Kier molecular flexibility index (Phi) is 3.64. The van der Waals surface area contributed by atoms with E-state index >= 15 is 0 Å². The summed E-state index contributed by atoms with van der Waals surface area (Å²) in [6.07, 6.45) is 8.19. The van der Waals surface area contributed by atoms with Crippen LogP contribution in [0.15, 0.2) is 28.9 Å². The van der Waals surface area contributed by atoms with Crippen molar-refractivity contribution in [3.8, 4) is 0 Å². The maximum atomic E-state index is 11.5. The van der Waals surface area contributed by atoms with Gasteiger partial charge in [0, 0.05) is 12.6 Å². The molecule has 0 aromatic carbocycles. The molecular formula is C13H17NO3. The van der Waals surface area contributed by atoms with Gasteiger partial charge in [-0.1, -0.05) is 12.8 Å². The van der Waals surface area contributed by atoms with Crippen LogP contribution in [0.1, 0.15) is 31.4 Å². The van der Waals surface area contributed by atoms with Gasteiger partial charge in [0.05, 0.1) is 11.9 Å². The number of hydrogen-bond donors (Lipinski definition) is 2. The molecule has 0 atom stereocenters. The van der Waals surface area contributed by atoms with Gasteiger partial charge in [-0.15, -0.1) is 0 Å². The van der Waals surface area contributed by atoms with Gasteiger partial charge in [0.2, 0.25) is 5.91 Å². The monoisotopic (exact) mass is 235 g/mol. The summed E-state index contributed by atoms with van der Waals surface area (Å²) >= 11 is 0. The molecule has 4 nitrogen and oxygen atoms in total. The van der Waals surface area contributed by atoms with E-state index in [-0.39, 0.29) is 5.91 Å². The predicted octanol–water partition coefficient (Wildman–Crippen LogP) is 1.71. The Labute approximate surface area is 100 Å². The molecule has 0 unspecified atom stereocenters. The van der Waals surface area contributed by atoms with Crippen LogP contribution in [-0.4, -0.2) is 23.2 Å². The van der Waals surface area contributed by atoms with Crippen molar-refractivity contribution in [2.45, 2.75) is 31.3 Å². The molecule has 1 saturated carbocycles. The normalized spacial score (nSPS) is 18.6. The minimum atomic E-state index is -0.700. The lowest BCUT2D eigenvalue weighted by Gasteiger charge is -2.21. The van der Waals surface area contributed by atoms with Gasteiger partial charge in [-0.2, -0.15) is 0 Å². The molecule has 2 rings (SSSR count). The molecular weight excluding hydrogens is 218 g/mol. The van der Waals surface area contributed by atoms with Crippen molar-refractivity contribution in [1.29, 1.82) is 0 Å². The second-order valence-electron chi connectivity index (χ2n) is 4.50. The third kappa shape index (κ3) is 3.46. The highest BCUT2D eigenvalue weighted by atomic mass is 16.3. The lowest BCUT2D eigenvalue weighted by Crippen LogP contribution is -2.40. The summed E-state index contributed by atoms with van der Waals surface area (Å²) in [6.45, 7) is 0.328. The van der Waals surface area contributed by atoms with Gasteiger partial charge < -0.3 is 14.8 Å². The molecule has 2 N–H and O–H groups in total. The summed E-state index contributed by atoms with van der Waals surface area (Å²) in [6, 6.07) is 3.53. The first-order valence-corrected chi connectivity index (χ1v) is 5.90. The fourth-order valence-corrected chi connectivity index (χ4v) is 2.06. The molecule has 0 bridgehead atoms. The lowest BCUT2D eigenvalue weighted by molar-refractivity contribution is -0.117. The first kappa shape index (κ1) is 11.9. The Morgan fingerprint density at radius 2 is 2.29 bits per heavy atom. The SMILES string of the molecule is O=C(C=Cc1ccco1)NCC1(O)CCCC1. The largest absolute Gasteiger partial charge is 0.465 e. The quantitative estimate of drug-likeness (QED) is 0.781. The van der Waals surface area contributed by atoms with Gasteiger partial charge in [-0.3, -0.25) is 4.79 Å². The molecule has 0 radical (unpaired) electrons. The topological polar surface area (TPSA) is 62.5 Å². The van der Waals surface area contributed by atoms with Crippen molar-refractivity contribution in [2.75, 3.05) is 6.54 Å². The van der Waals surface area contributed by atoms with Gasteiger partial charge in [-0.25, -0.2) is 0 Å². The Morgan fingerprint density at radius 3 is 2.94 bits per heavy atom. The van der Waals surface area contributed by atoms with Crippen molar-refractivity contribution < 1.29 is 14.3 Å². The molecule has 17 heavy (non-hydrogen) atoms. The van der Waals surface area contributed by atoms with E-state index in [4.69, 9.17) is 4.42 Å². The Morgan fingerprint density at radius 1 is 1.53 bits per heavy atom. The van der Waals surface area contributed by atoms with E-state index in [1.54, 1.807) is 24.5 Å². The van der Waals surface area contributed by atoms with E-state index in [1.165, 1.54) is 6.08 Å². The molecule has 92 valence electrons. The zero-order valence-corrected chi connectivity index (χ0v) is 9.69. The van der Waals surface area contributed by atoms with Crippen LogP contribution in [0.2, 0.25) is 0 Å². The minimum Gasteiger partial charge on any atom is -0.465 e. The van der Waals surface area contributed by atoms with Crippen LogP contribution in [0.4, 0.5) is 0 Å². The number of furan rings is 1. The lowest BCUT2D eigenvalue weighted by atomic mass is 10.0. The van der Waals surface area contributed by atoms with E-state index in [1.807, 2.05) is 0 Å². The molecule has 1 amide bonds. The molecule has 0 aliphatic heterocycles. The maximum Gasteiger partial charge on any atom is 0.244 e. The second-order valence-corrected chi connectivity index (χ2v) is 4.50. The fourth-order valence-electron chi connectivity index (χ4n) is 2.06. The van der Waals surface area contributed by atoms with Gasteiger partial charge >= 0.3 is 0 Å². The van der Waals surface area contributed by atoms with Crippen molar-refractivity contribution in [1.82, 2.24) is 5.32 Å². The van der Waals surface area contributed by atoms with Crippen LogP contribution in [0, 0.1) is 0 Å². The molecule has 0 spiro atoms. The molecule has 1 aliphatic carbocycles. The zero-order chi connectivity index (χ0) is 12.1. The van der Waals surface area contributed by atoms with E-state index in [2.05, 4.69) is 5.32 Å². The first-order chi connectivity index (χ1) is 8.18. The van der Waals surface area contributed by atoms with Crippen molar-refractivity contribution in [3.63, 3.8) is 0 Å². The number of nitrogens with one attached hydrogen (secondary N) is 1. The van der Waals surface area contributed by atoms with E-state index < -0.39 is 5.60 Å². The van der Waals surface area contributed by atoms with E-state index in [9.17, 15) is 9.90 Å². The maximum absolute atomic E-state index is 11.5. The highest BCUT2D eigenvalue weighted by Gasteiger charge is 2.30. The third-order valence-electron chi connectivity index (χ3n) is 3.07. The average Bonchev–Trinajstić information content (AvgIpc) is 2.95. The van der Waals surface area contributed by atoms with Gasteiger partial charge in [0.1, 0.15) is 5.76 Å². The smallest absolute Gasteiger partial charge is 0.244 e. The second kappa shape index (κ2) is 5.19. The van der Waals surface area contributed by atoms with E-state index in [0.29, 0.717) is 12.3 Å². The molecule has 1 aliphatic rings. The van der Waals surface area contributed by atoms with Crippen LogP contribution in [-0.2, 0) is 4.79 Å². The van der Waals surface area contributed by atoms with Crippen LogP contribution in [0.25, 0.3) is 6.08 Å². The Bertz CT molecular complexity index is 389. The van der Waals surface area contributed by atoms with Crippen LogP contribution in [0.3, 0.4) is 0 Å². The molecule has 1 aromatic heterocycles. The van der Waals surface area contributed by atoms with Crippen molar-refractivity contribution in [3.05, 3.63) is 30.2 Å². The van der Waals surface area contributed by atoms with Gasteiger partial charge in [0.25, 0.3) is 0 Å². The molecule has 1 heterocycles. The van der Waals surface area contributed by atoms with Crippen LogP contribution < -0.4 is 5.32 Å². The van der Waals surface area contributed by atoms with Crippen molar-refractivity contribution in [2.24, 2.45) is 0 Å². The number of carbonyl (C=O) groups excluding carboxylic acids is 1. The average molecular weight is 235 g/mol. The molecule has 4 heteroatoms. The van der Waals surface area contributed by atoms with Gasteiger partial charge in [-0.05, 0) is 31.1 Å². The summed E-state index contributed by atoms with van der Waals surface area (Å²) in [4.78, 5) is 11.5. The number of amides is 1. The number of carbonyl (C=O) groups is 1. The number of aliphatic hydroxyl groups is 1. The Balaban J connectivity index is 1.78. The summed E-state index contributed by atoms with van der Waals surface area (Å²) in [5.41, 5.74) is -0.700. The predicted molar refractivity (Wildman–Crippen MR) is 64.2 cm³/mol. The third-order valence-corrected chi connectivity index (χ3v) is 3.07. The minimum absolute atomic E-state index is 0.207. The van der Waals surface area contributed by atoms with Crippen LogP contribution >= 0.6 is 0 Å². The first-order valence-electron chi connectivity index (χ1n) is 5.90. The van der Waals surface area contributed by atoms with Crippen molar-refractivity contribution >= 4 is 12.0 Å². The molecule has 1 fully saturated rings. The standard InChI is InChI=1S/C13H17NO3/c15-12(6-5-11-4-3-9-17-11)14-10-13(16)7-1-2-8-13/h3-6,9,16H,1-2,7-8,10H2,(H,14,15). The summed E-state index contributed by atoms with van der Waals surface area (Å²) < 4.78 is 5.07.